The summed E-state index contributed by atoms with van der Waals surface area (Å²) in [5.74, 6) is 0. The minimum Gasteiger partial charge on any atom is -0.691 e. The highest BCUT2D eigenvalue weighted by atomic mass is 32.2. The summed E-state index contributed by atoms with van der Waals surface area (Å²) in [5.41, 5.74) is 0. The maximum atomic E-state index is 13.4. The van der Waals surface area contributed by atoms with Crippen molar-refractivity contribution in [2.75, 3.05) is 19.8 Å². The van der Waals surface area contributed by atoms with E-state index >= 15 is 0 Å². The lowest BCUT2D eigenvalue weighted by Crippen LogP contribution is -2.54. The lowest BCUT2D eigenvalue weighted by atomic mass is 10.3. The summed E-state index contributed by atoms with van der Waals surface area (Å²) in [4.78, 5) is 0. The van der Waals surface area contributed by atoms with Gasteiger partial charge in [0.2, 0.25) is 0 Å². The second-order valence-corrected chi connectivity index (χ2v) is 3.74. The van der Waals surface area contributed by atoms with Gasteiger partial charge in [-0.3, -0.25) is 5.04 Å². The van der Waals surface area contributed by atoms with Crippen LogP contribution in [-0.4, -0.2) is 37.1 Å². The quantitative estimate of drug-likeness (QED) is 0.212. The van der Waals surface area contributed by atoms with E-state index in [0.717, 1.165) is 0 Å². The summed E-state index contributed by atoms with van der Waals surface area (Å²) in [7, 11) is 0. The van der Waals surface area contributed by atoms with Gasteiger partial charge in [-0.2, -0.15) is 26.3 Å². The van der Waals surface area contributed by atoms with Crippen molar-refractivity contribution in [2.45, 2.75) is 24.2 Å². The van der Waals surface area contributed by atoms with Crippen molar-refractivity contribution < 1.29 is 50.4 Å². The van der Waals surface area contributed by atoms with Crippen LogP contribution in [0.5, 0.6) is 0 Å². The summed E-state index contributed by atoms with van der Waals surface area (Å²) in [6.07, 6.45) is -11.4. The minimum atomic E-state index is -6.08. The molecule has 0 rings (SSSR count). The third kappa shape index (κ3) is 4.96. The number of halogens is 6. The molecule has 0 aliphatic rings. The number of hydrogen-bond acceptors (Lipinski definition) is 6. The molecule has 5 nitrogen and oxygen atoms in total. The number of hydrogen-bond donors (Lipinski definition) is 0. The van der Waals surface area contributed by atoms with Gasteiger partial charge in [0.25, 0.3) is 0 Å². The minimum absolute atomic E-state index is 0.108. The smallest absolute Gasteiger partial charge is 0.443 e. The number of ether oxygens (including phenoxy) is 2. The van der Waals surface area contributed by atoms with Crippen molar-refractivity contribution in [1.29, 1.82) is 0 Å². The Bertz CT molecular complexity index is 265. The fourth-order valence-corrected chi connectivity index (χ4v) is 1.16. The highest BCUT2D eigenvalue weighted by Crippen LogP contribution is 2.53. The Morgan fingerprint density at radius 3 is 2.05 bits per heavy atom. The van der Waals surface area contributed by atoms with E-state index in [0.29, 0.717) is 0 Å². The molecule has 0 fully saturated rings. The van der Waals surface area contributed by atoms with Crippen molar-refractivity contribution in [3.63, 3.8) is 0 Å². The number of alkyl halides is 6. The van der Waals surface area contributed by atoms with Crippen molar-refractivity contribution in [3.05, 3.63) is 0 Å². The predicted molar refractivity (Wildman–Crippen MR) is 47.0 cm³/mol. The third-order valence-corrected chi connectivity index (χ3v) is 2.45. The summed E-state index contributed by atoms with van der Waals surface area (Å²) in [5, 5.41) is 6.47. The van der Waals surface area contributed by atoms with Gasteiger partial charge in [0, 0.05) is 6.61 Å². The van der Waals surface area contributed by atoms with Gasteiger partial charge in [-0.15, -0.1) is 0 Å². The maximum absolute atomic E-state index is 13.4. The summed E-state index contributed by atoms with van der Waals surface area (Å²) in [6.45, 7) is 0.143. The van der Waals surface area contributed by atoms with E-state index in [1.54, 1.807) is 0 Å². The zero-order valence-corrected chi connectivity index (χ0v) is 10.2. The van der Waals surface area contributed by atoms with Gasteiger partial charge in [0.1, 0.15) is 0 Å². The molecule has 0 heterocycles. The van der Waals surface area contributed by atoms with Gasteiger partial charge in [0.15, 0.2) is 0 Å². The first kappa shape index (κ1) is 18.7. The normalized spacial score (nSPS) is 16.4. The fraction of sp³-hybridized carbons (Fsp3) is 1.00. The molecule has 12 heteroatoms. The van der Waals surface area contributed by atoms with Crippen molar-refractivity contribution in [1.82, 2.24) is 0 Å². The standard InChI is InChI=1S/C7H10F6O5S/c1-2-15-3-4-16-7(12,13)5(8,6(9,10)11)19-18-17-14/h14H,2-4H2,1H3/p-1. The highest BCUT2D eigenvalue weighted by molar-refractivity contribution is 7.95. The molecule has 0 bridgehead atoms. The Hall–Kier alpha value is -0.270. The Morgan fingerprint density at radius 2 is 1.63 bits per heavy atom. The van der Waals surface area contributed by atoms with Crippen LogP contribution < -0.4 is 5.26 Å². The number of rotatable bonds is 9. The summed E-state index contributed by atoms with van der Waals surface area (Å²) < 4.78 is 87.4. The molecule has 0 aromatic carbocycles. The zero-order chi connectivity index (χ0) is 15.2. The molecule has 0 saturated heterocycles. The Labute approximate surface area is 107 Å². The second kappa shape index (κ2) is 7.50. The van der Waals surface area contributed by atoms with E-state index < -0.39 is 42.5 Å². The van der Waals surface area contributed by atoms with E-state index in [-0.39, 0.29) is 6.61 Å². The van der Waals surface area contributed by atoms with E-state index in [9.17, 15) is 31.6 Å². The van der Waals surface area contributed by atoms with Gasteiger partial charge >= 0.3 is 17.3 Å². The largest absolute Gasteiger partial charge is 0.691 e. The van der Waals surface area contributed by atoms with Crippen LogP contribution in [0.1, 0.15) is 6.92 Å². The molecule has 19 heavy (non-hydrogen) atoms. The van der Waals surface area contributed by atoms with E-state index in [1.807, 2.05) is 0 Å². The average Bonchev–Trinajstić information content (AvgIpc) is 2.30. The zero-order valence-electron chi connectivity index (χ0n) is 9.34. The van der Waals surface area contributed by atoms with Crippen LogP contribution in [-0.2, 0) is 18.8 Å². The molecule has 1 unspecified atom stereocenters. The van der Waals surface area contributed by atoms with Gasteiger partial charge in [-0.1, -0.05) is 0 Å². The maximum Gasteiger partial charge on any atom is 0.443 e. The van der Waals surface area contributed by atoms with Crippen LogP contribution in [0, 0.1) is 0 Å². The molecule has 1 atom stereocenters. The predicted octanol–water partition coefficient (Wildman–Crippen LogP) is 1.73. The van der Waals surface area contributed by atoms with Gasteiger partial charge in [-0.05, 0) is 6.92 Å². The molecule has 0 N–H and O–H groups in total. The van der Waals surface area contributed by atoms with Crippen molar-refractivity contribution in [3.8, 4) is 0 Å². The van der Waals surface area contributed by atoms with Crippen LogP contribution >= 0.6 is 12.0 Å². The molecule has 0 aliphatic carbocycles. The Kier molecular flexibility index (Phi) is 7.39. The lowest BCUT2D eigenvalue weighted by molar-refractivity contribution is -0.777. The van der Waals surface area contributed by atoms with E-state index in [1.165, 1.54) is 6.92 Å². The fourth-order valence-electron chi connectivity index (χ4n) is 0.787. The first-order chi connectivity index (χ1) is 8.62. The molecule has 0 radical (unpaired) electrons. The Balaban J connectivity index is 4.81. The molecule has 0 spiro atoms. The Morgan fingerprint density at radius 1 is 1.05 bits per heavy atom. The van der Waals surface area contributed by atoms with Crippen LogP contribution in [0.15, 0.2) is 0 Å². The van der Waals surface area contributed by atoms with Crippen LogP contribution in [0.2, 0.25) is 0 Å². The molecule has 116 valence electrons. The van der Waals surface area contributed by atoms with Gasteiger partial charge in [0.05, 0.1) is 25.3 Å². The average molecular weight is 319 g/mol. The molecular formula is C7H9F6O5S-. The molecule has 0 aliphatic heterocycles. The van der Waals surface area contributed by atoms with E-state index in [4.69, 9.17) is 0 Å². The van der Waals surface area contributed by atoms with Crippen molar-refractivity contribution in [2.24, 2.45) is 0 Å². The first-order valence-corrected chi connectivity index (χ1v) is 5.36. The third-order valence-electron chi connectivity index (χ3n) is 1.63. The first-order valence-electron chi connectivity index (χ1n) is 4.62. The summed E-state index contributed by atoms with van der Waals surface area (Å²) in [6, 6.07) is 0. The summed E-state index contributed by atoms with van der Waals surface area (Å²) >= 11 is -1.54. The van der Waals surface area contributed by atoms with Crippen LogP contribution in [0.3, 0.4) is 0 Å². The highest BCUT2D eigenvalue weighted by Gasteiger charge is 2.74. The SMILES string of the molecule is CCOCCOC(F)(F)C(F)(SOO[O-])C(F)(F)F. The van der Waals surface area contributed by atoms with Crippen LogP contribution in [0.4, 0.5) is 26.3 Å². The van der Waals surface area contributed by atoms with Crippen molar-refractivity contribution >= 4 is 12.0 Å². The topological polar surface area (TPSA) is 60.0 Å². The van der Waals surface area contributed by atoms with Gasteiger partial charge in [-0.25, -0.2) is 4.39 Å². The monoisotopic (exact) mass is 319 g/mol. The van der Waals surface area contributed by atoms with Crippen LogP contribution in [0.25, 0.3) is 0 Å². The molecule has 0 aromatic heterocycles. The van der Waals surface area contributed by atoms with Gasteiger partial charge < -0.3 is 14.7 Å². The van der Waals surface area contributed by atoms with E-state index in [2.05, 4.69) is 18.8 Å². The molecule has 0 aromatic rings. The lowest BCUT2D eigenvalue weighted by Gasteiger charge is -2.32. The molecular weight excluding hydrogens is 310 g/mol. The molecule has 0 amide bonds. The second-order valence-electron chi connectivity index (χ2n) is 2.87. The molecule has 0 saturated carbocycles.